The Hall–Kier alpha value is 0.429. The molecular formula is CH5NO2SSe. The molecule has 0 atom stereocenters. The second kappa shape index (κ2) is 1.93. The standard InChI is InChI=1S/CH5NO2SSe/c2-5(3,4)1-6/h6H,1H2,(H2,2,3,4). The van der Waals surface area contributed by atoms with E-state index in [4.69, 9.17) is 0 Å². The van der Waals surface area contributed by atoms with E-state index < -0.39 is 10.0 Å². The van der Waals surface area contributed by atoms with E-state index in [2.05, 4.69) is 5.14 Å². The predicted molar refractivity (Wildman–Crippen MR) is 25.1 cm³/mol. The Morgan fingerprint density at radius 2 is 1.83 bits per heavy atom. The Kier molecular flexibility index (Phi) is 2.07. The summed E-state index contributed by atoms with van der Waals surface area (Å²) in [6, 6.07) is 0. The summed E-state index contributed by atoms with van der Waals surface area (Å²) in [7, 11) is -3.19. The molecule has 0 aromatic rings. The van der Waals surface area contributed by atoms with Crippen molar-refractivity contribution in [3.63, 3.8) is 0 Å². The first-order valence-corrected chi connectivity index (χ1v) is 4.22. The third-order valence-electron chi connectivity index (χ3n) is 0.180. The van der Waals surface area contributed by atoms with Crippen molar-refractivity contribution < 1.29 is 8.42 Å². The van der Waals surface area contributed by atoms with Gasteiger partial charge in [0.2, 0.25) is 0 Å². The summed E-state index contributed by atoms with van der Waals surface area (Å²) >= 11 is 1.88. The molecule has 0 radical (unpaired) electrons. The molecule has 0 heterocycles. The number of nitrogens with two attached hydrogens (primary N) is 1. The molecule has 0 fully saturated rings. The molecule has 0 saturated heterocycles. The number of hydrogen-bond acceptors (Lipinski definition) is 2. The summed E-state index contributed by atoms with van der Waals surface area (Å²) in [5.41, 5.74) is 0. The molecule has 38 valence electrons. The number of primary sulfonamides is 1. The Labute approximate surface area is 44.8 Å². The first-order chi connectivity index (χ1) is 2.56. The van der Waals surface area contributed by atoms with E-state index in [0.717, 1.165) is 0 Å². The summed E-state index contributed by atoms with van der Waals surface area (Å²) in [4.78, 5) is 0. The summed E-state index contributed by atoms with van der Waals surface area (Å²) in [6.07, 6.45) is 0. The predicted octanol–water partition coefficient (Wildman–Crippen LogP) is -1.87. The van der Waals surface area contributed by atoms with Crippen molar-refractivity contribution in [2.75, 3.05) is 4.65 Å². The minimum absolute atomic E-state index is 0.0417. The summed E-state index contributed by atoms with van der Waals surface area (Å²) in [6.45, 7) is 0. The van der Waals surface area contributed by atoms with Crippen LogP contribution in [0, 0.1) is 0 Å². The molecule has 0 aromatic heterocycles. The van der Waals surface area contributed by atoms with E-state index in [-0.39, 0.29) is 4.65 Å². The quantitative estimate of drug-likeness (QED) is 0.473. The van der Waals surface area contributed by atoms with Crippen LogP contribution in [0.4, 0.5) is 0 Å². The van der Waals surface area contributed by atoms with Crippen molar-refractivity contribution in [1.29, 1.82) is 0 Å². The van der Waals surface area contributed by atoms with Crippen molar-refractivity contribution in [2.45, 2.75) is 0 Å². The van der Waals surface area contributed by atoms with Gasteiger partial charge in [0.1, 0.15) is 0 Å². The molecule has 6 heavy (non-hydrogen) atoms. The van der Waals surface area contributed by atoms with Gasteiger partial charge in [-0.25, -0.2) is 0 Å². The minimum atomic E-state index is -3.19. The van der Waals surface area contributed by atoms with Crippen LogP contribution in [0.2, 0.25) is 0 Å². The number of rotatable bonds is 1. The zero-order valence-corrected chi connectivity index (χ0v) is 5.65. The summed E-state index contributed by atoms with van der Waals surface area (Å²) in [5, 5.41) is 4.49. The number of sulfonamides is 1. The molecule has 0 rings (SSSR count). The third-order valence-corrected chi connectivity index (χ3v) is 2.81. The van der Waals surface area contributed by atoms with E-state index in [1.165, 1.54) is 0 Å². The van der Waals surface area contributed by atoms with Crippen molar-refractivity contribution in [3.05, 3.63) is 0 Å². The van der Waals surface area contributed by atoms with Crippen LogP contribution in [0.3, 0.4) is 0 Å². The van der Waals surface area contributed by atoms with Crippen LogP contribution in [-0.4, -0.2) is 29.1 Å². The van der Waals surface area contributed by atoms with Gasteiger partial charge in [0.25, 0.3) is 0 Å². The van der Waals surface area contributed by atoms with E-state index in [1.807, 2.05) is 16.0 Å². The summed E-state index contributed by atoms with van der Waals surface area (Å²) in [5.74, 6) is 0. The molecule has 5 heteroatoms. The third kappa shape index (κ3) is 4.43. The van der Waals surface area contributed by atoms with Crippen LogP contribution in [-0.2, 0) is 10.0 Å². The fraction of sp³-hybridized carbons (Fsp3) is 1.00. The average Bonchev–Trinajstić information content (AvgIpc) is 1.35. The van der Waals surface area contributed by atoms with Gasteiger partial charge in [0.15, 0.2) is 0 Å². The van der Waals surface area contributed by atoms with Gasteiger partial charge < -0.3 is 0 Å². The van der Waals surface area contributed by atoms with Crippen LogP contribution in [0.15, 0.2) is 0 Å². The van der Waals surface area contributed by atoms with Gasteiger partial charge in [-0.1, -0.05) is 0 Å². The molecule has 0 saturated carbocycles. The summed E-state index contributed by atoms with van der Waals surface area (Å²) < 4.78 is 19.5. The van der Waals surface area contributed by atoms with E-state index >= 15 is 0 Å². The molecule has 0 spiro atoms. The van der Waals surface area contributed by atoms with Crippen LogP contribution in [0.1, 0.15) is 0 Å². The maximum absolute atomic E-state index is 9.76. The normalized spacial score (nSPS) is 11.7. The molecule has 0 unspecified atom stereocenters. The van der Waals surface area contributed by atoms with Crippen LogP contribution >= 0.6 is 0 Å². The zero-order valence-electron chi connectivity index (χ0n) is 2.96. The number of hydrogen-bond donors (Lipinski definition) is 1. The van der Waals surface area contributed by atoms with Crippen molar-refractivity contribution in [2.24, 2.45) is 5.14 Å². The van der Waals surface area contributed by atoms with Crippen LogP contribution in [0.5, 0.6) is 0 Å². The zero-order chi connectivity index (χ0) is 5.21. The van der Waals surface area contributed by atoms with E-state index in [9.17, 15) is 8.42 Å². The van der Waals surface area contributed by atoms with Crippen molar-refractivity contribution >= 4 is 26.0 Å². The van der Waals surface area contributed by atoms with Crippen LogP contribution < -0.4 is 5.14 Å². The molecule has 0 aliphatic carbocycles. The molecular weight excluding hydrogens is 169 g/mol. The van der Waals surface area contributed by atoms with Gasteiger partial charge in [0.05, 0.1) is 0 Å². The monoisotopic (exact) mass is 175 g/mol. The molecule has 0 aromatic carbocycles. The Morgan fingerprint density at radius 1 is 1.67 bits per heavy atom. The van der Waals surface area contributed by atoms with Crippen molar-refractivity contribution in [3.8, 4) is 0 Å². The second-order valence-electron chi connectivity index (χ2n) is 0.792. The molecule has 0 bridgehead atoms. The van der Waals surface area contributed by atoms with Gasteiger partial charge >= 0.3 is 44.2 Å². The Bertz CT molecular complexity index is 116. The second-order valence-corrected chi connectivity index (χ2v) is 4.00. The first-order valence-electron chi connectivity index (χ1n) is 1.17. The molecule has 2 N–H and O–H groups in total. The van der Waals surface area contributed by atoms with Crippen molar-refractivity contribution in [1.82, 2.24) is 0 Å². The van der Waals surface area contributed by atoms with Gasteiger partial charge in [-0.05, 0) is 0 Å². The van der Waals surface area contributed by atoms with Gasteiger partial charge in [0, 0.05) is 0 Å². The SMILES string of the molecule is NS(=O)(=O)C[SeH]. The Morgan fingerprint density at radius 3 is 1.83 bits per heavy atom. The molecule has 0 amide bonds. The fourth-order valence-electron chi connectivity index (χ4n) is 0. The fourth-order valence-corrected chi connectivity index (χ4v) is 0. The van der Waals surface area contributed by atoms with Crippen LogP contribution in [0.25, 0.3) is 0 Å². The average molecular weight is 174 g/mol. The first kappa shape index (κ1) is 6.43. The Balaban J connectivity index is 3.85. The topological polar surface area (TPSA) is 60.2 Å². The molecule has 0 aliphatic rings. The van der Waals surface area contributed by atoms with Gasteiger partial charge in [-0.15, -0.1) is 0 Å². The van der Waals surface area contributed by atoms with E-state index in [1.54, 1.807) is 0 Å². The van der Waals surface area contributed by atoms with E-state index in [0.29, 0.717) is 0 Å². The maximum atomic E-state index is 9.76. The van der Waals surface area contributed by atoms with Gasteiger partial charge in [-0.3, -0.25) is 0 Å². The molecule has 3 nitrogen and oxygen atoms in total. The van der Waals surface area contributed by atoms with Gasteiger partial charge in [-0.2, -0.15) is 0 Å². The molecule has 0 aliphatic heterocycles.